The van der Waals surface area contributed by atoms with Crippen LogP contribution in [0.5, 0.6) is 5.75 Å². The fraction of sp³-hybridized carbons (Fsp3) is 0.250. The molecule has 1 aliphatic rings. The summed E-state index contributed by atoms with van der Waals surface area (Å²) in [6, 6.07) is 11.0. The Morgan fingerprint density at radius 1 is 1.12 bits per heavy atom. The summed E-state index contributed by atoms with van der Waals surface area (Å²) >= 11 is 0. The second-order valence-corrected chi connectivity index (χ2v) is 7.61. The number of aryl methyl sites for hydroxylation is 2. The minimum Gasteiger partial charge on any atom is -0.406 e. The molecule has 1 amide bonds. The van der Waals surface area contributed by atoms with Gasteiger partial charge in [-0.15, -0.1) is 13.2 Å². The number of fused-ring (bicyclic) bond motifs is 1. The van der Waals surface area contributed by atoms with E-state index in [1.165, 1.54) is 36.4 Å². The van der Waals surface area contributed by atoms with Crippen LogP contribution in [0.1, 0.15) is 35.2 Å². The van der Waals surface area contributed by atoms with Crippen LogP contribution in [0.3, 0.4) is 0 Å². The summed E-state index contributed by atoms with van der Waals surface area (Å²) in [5, 5.41) is 7.03. The van der Waals surface area contributed by atoms with Gasteiger partial charge in [0.05, 0.1) is 5.69 Å². The van der Waals surface area contributed by atoms with Crippen molar-refractivity contribution in [3.05, 3.63) is 70.9 Å². The maximum atomic E-state index is 12.4. The number of nitrogens with zero attached hydrogens (tertiary/aromatic N) is 1. The van der Waals surface area contributed by atoms with Crippen LogP contribution in [0, 0.1) is 6.92 Å². The fourth-order valence-corrected chi connectivity index (χ4v) is 3.64. The van der Waals surface area contributed by atoms with Gasteiger partial charge in [0.1, 0.15) is 5.75 Å². The molecule has 0 saturated carbocycles. The highest BCUT2D eigenvalue weighted by Gasteiger charge is 2.30. The summed E-state index contributed by atoms with van der Waals surface area (Å²) in [4.78, 5) is 12.4. The van der Waals surface area contributed by atoms with E-state index in [0.29, 0.717) is 11.3 Å². The lowest BCUT2D eigenvalue weighted by atomic mass is 9.93. The number of benzene rings is 2. The first kappa shape index (κ1) is 21.7. The number of carbonyl (C=O) groups excluding carboxylic acids is 1. The lowest BCUT2D eigenvalue weighted by Crippen LogP contribution is -2.16. The predicted octanol–water partition coefficient (Wildman–Crippen LogP) is 6.08. The van der Waals surface area contributed by atoms with Crippen molar-refractivity contribution in [2.75, 3.05) is 5.32 Å². The molecule has 0 unspecified atom stereocenters. The highest BCUT2D eigenvalue weighted by molar-refractivity contribution is 6.02. The Kier molecular flexibility index (Phi) is 6.03. The maximum Gasteiger partial charge on any atom is 0.573 e. The van der Waals surface area contributed by atoms with E-state index in [1.54, 1.807) is 0 Å². The third kappa shape index (κ3) is 5.19. The number of nitrogens with one attached hydrogen (secondary N) is 1. The van der Waals surface area contributed by atoms with Crippen molar-refractivity contribution in [3.63, 3.8) is 0 Å². The first-order chi connectivity index (χ1) is 15.3. The molecule has 4 rings (SSSR count). The van der Waals surface area contributed by atoms with Gasteiger partial charge in [0.25, 0.3) is 0 Å². The van der Waals surface area contributed by atoms with E-state index in [1.807, 2.05) is 25.1 Å². The van der Waals surface area contributed by atoms with E-state index in [4.69, 9.17) is 4.52 Å². The maximum absolute atomic E-state index is 12.4. The molecule has 0 saturated heterocycles. The lowest BCUT2D eigenvalue weighted by Gasteiger charge is -2.11. The van der Waals surface area contributed by atoms with Crippen LogP contribution in [0.4, 0.5) is 18.9 Å². The fourth-order valence-electron chi connectivity index (χ4n) is 3.64. The minimum absolute atomic E-state index is 0.318. The Morgan fingerprint density at radius 3 is 2.62 bits per heavy atom. The molecule has 0 bridgehead atoms. The van der Waals surface area contributed by atoms with Crippen molar-refractivity contribution in [2.45, 2.75) is 39.0 Å². The molecule has 1 heterocycles. The minimum atomic E-state index is -4.74. The van der Waals surface area contributed by atoms with Crippen molar-refractivity contribution in [3.8, 4) is 17.1 Å². The molecule has 0 radical (unpaired) electrons. The van der Waals surface area contributed by atoms with Crippen LogP contribution < -0.4 is 10.1 Å². The second-order valence-electron chi connectivity index (χ2n) is 7.61. The van der Waals surface area contributed by atoms with E-state index < -0.39 is 6.36 Å². The smallest absolute Gasteiger partial charge is 0.406 e. The second kappa shape index (κ2) is 8.90. The Hall–Kier alpha value is -3.55. The van der Waals surface area contributed by atoms with Gasteiger partial charge in [-0.25, -0.2) is 0 Å². The number of amides is 1. The lowest BCUT2D eigenvalue weighted by molar-refractivity contribution is -0.274. The van der Waals surface area contributed by atoms with E-state index in [-0.39, 0.29) is 11.7 Å². The van der Waals surface area contributed by atoms with Gasteiger partial charge >= 0.3 is 6.36 Å². The zero-order valence-electron chi connectivity index (χ0n) is 17.3. The van der Waals surface area contributed by atoms with Crippen molar-refractivity contribution in [1.29, 1.82) is 0 Å². The summed E-state index contributed by atoms with van der Waals surface area (Å²) < 4.78 is 46.1. The van der Waals surface area contributed by atoms with Gasteiger partial charge in [-0.3, -0.25) is 4.79 Å². The molecule has 166 valence electrons. The van der Waals surface area contributed by atoms with Crippen molar-refractivity contribution >= 4 is 17.7 Å². The normalized spacial score (nSPS) is 13.8. The molecule has 8 heteroatoms. The number of rotatable bonds is 5. The number of hydrogen-bond donors (Lipinski definition) is 1. The molecular formula is C24H21F3N2O3. The number of carbonyl (C=O) groups is 1. The molecule has 0 atom stereocenters. The molecule has 0 fully saturated rings. The molecular weight excluding hydrogens is 421 g/mol. The first-order valence-electron chi connectivity index (χ1n) is 10.2. The van der Waals surface area contributed by atoms with E-state index in [2.05, 4.69) is 15.2 Å². The zero-order chi connectivity index (χ0) is 22.7. The van der Waals surface area contributed by atoms with E-state index in [9.17, 15) is 18.0 Å². The molecule has 1 N–H and O–H groups in total. The summed E-state index contributed by atoms with van der Waals surface area (Å²) in [5.74, 6) is 0.0634. The number of halogens is 3. The Labute approximate surface area is 182 Å². The van der Waals surface area contributed by atoms with Gasteiger partial charge in [-0.2, -0.15) is 0 Å². The van der Waals surface area contributed by atoms with Crippen molar-refractivity contribution < 1.29 is 27.2 Å². The molecule has 0 aliphatic heterocycles. The van der Waals surface area contributed by atoms with Crippen LogP contribution in [0.2, 0.25) is 0 Å². The van der Waals surface area contributed by atoms with Gasteiger partial charge in [0.15, 0.2) is 5.76 Å². The summed E-state index contributed by atoms with van der Waals surface area (Å²) in [6.07, 6.45) is 2.15. The van der Waals surface area contributed by atoms with E-state index in [0.717, 1.165) is 53.8 Å². The van der Waals surface area contributed by atoms with Gasteiger partial charge in [-0.05, 0) is 68.0 Å². The van der Waals surface area contributed by atoms with Crippen LogP contribution in [-0.2, 0) is 17.6 Å². The summed E-state index contributed by atoms with van der Waals surface area (Å²) in [6.45, 7) is 1.89. The number of aromatic nitrogens is 1. The third-order valence-corrected chi connectivity index (χ3v) is 5.26. The van der Waals surface area contributed by atoms with E-state index >= 15 is 0 Å². The molecule has 2 aromatic carbocycles. The highest BCUT2D eigenvalue weighted by atomic mass is 19.4. The zero-order valence-corrected chi connectivity index (χ0v) is 17.3. The van der Waals surface area contributed by atoms with Crippen molar-refractivity contribution in [2.24, 2.45) is 0 Å². The molecule has 0 spiro atoms. The Balaban J connectivity index is 1.45. The Bertz CT molecular complexity index is 1150. The van der Waals surface area contributed by atoms with Gasteiger partial charge in [0, 0.05) is 22.9 Å². The van der Waals surface area contributed by atoms with Crippen molar-refractivity contribution in [1.82, 2.24) is 5.16 Å². The number of alkyl halides is 3. The van der Waals surface area contributed by atoms with Crippen LogP contribution in [-0.4, -0.2) is 17.4 Å². The SMILES string of the molecule is Cc1ccc(-c2onc3c2CCCC3)cc1NC(=O)/C=C/c1ccc(OC(F)(F)F)cc1. The predicted molar refractivity (Wildman–Crippen MR) is 114 cm³/mol. The number of anilines is 1. The summed E-state index contributed by atoms with van der Waals surface area (Å²) in [5.41, 5.74) is 5.09. The third-order valence-electron chi connectivity index (χ3n) is 5.26. The quantitative estimate of drug-likeness (QED) is 0.487. The number of hydrogen-bond acceptors (Lipinski definition) is 4. The van der Waals surface area contributed by atoms with Gasteiger partial charge in [0.2, 0.25) is 5.91 Å². The average Bonchev–Trinajstić information content (AvgIpc) is 3.18. The van der Waals surface area contributed by atoms with Crippen LogP contribution in [0.15, 0.2) is 53.1 Å². The molecule has 32 heavy (non-hydrogen) atoms. The number of ether oxygens (including phenoxy) is 1. The van der Waals surface area contributed by atoms with Crippen LogP contribution in [0.25, 0.3) is 17.4 Å². The largest absolute Gasteiger partial charge is 0.573 e. The molecule has 3 aromatic rings. The summed E-state index contributed by atoms with van der Waals surface area (Å²) in [7, 11) is 0. The first-order valence-corrected chi connectivity index (χ1v) is 10.2. The van der Waals surface area contributed by atoms with Gasteiger partial charge < -0.3 is 14.6 Å². The molecule has 1 aromatic heterocycles. The monoisotopic (exact) mass is 442 g/mol. The highest BCUT2D eigenvalue weighted by Crippen LogP contribution is 2.33. The van der Waals surface area contributed by atoms with Gasteiger partial charge in [-0.1, -0.05) is 29.4 Å². The molecule has 1 aliphatic carbocycles. The topological polar surface area (TPSA) is 64.4 Å². The Morgan fingerprint density at radius 2 is 1.88 bits per heavy atom. The van der Waals surface area contributed by atoms with Crippen LogP contribution >= 0.6 is 0 Å². The average molecular weight is 442 g/mol. The standard InChI is InChI=1S/C24H21F3N2O3/c1-15-6-10-17(23-19-4-2-3-5-20(19)29-32-23)14-21(15)28-22(30)13-9-16-7-11-18(12-8-16)31-24(25,26)27/h6-14H,2-5H2,1H3,(H,28,30)/b13-9+. The molecule has 5 nitrogen and oxygen atoms in total.